The maximum Gasteiger partial charge on any atom is 0.213 e. The molecule has 0 unspecified atom stereocenters. The summed E-state index contributed by atoms with van der Waals surface area (Å²) in [5, 5.41) is 3.44. The van der Waals surface area contributed by atoms with Crippen LogP contribution in [0.25, 0.3) is 0 Å². The molecule has 0 fully saturated rings. The first-order valence-electron chi connectivity index (χ1n) is 6.90. The van der Waals surface area contributed by atoms with Crippen molar-refractivity contribution in [1.29, 1.82) is 0 Å². The fourth-order valence-corrected chi connectivity index (χ4v) is 2.87. The minimum atomic E-state index is -0.332. The number of benzene rings is 1. The van der Waals surface area contributed by atoms with Gasteiger partial charge in [0.2, 0.25) is 11.7 Å². The van der Waals surface area contributed by atoms with Gasteiger partial charge in [-0.15, -0.1) is 0 Å². The summed E-state index contributed by atoms with van der Waals surface area (Å²) in [6, 6.07) is 8.92. The number of anilines is 3. The quantitative estimate of drug-likeness (QED) is 0.691. The molecule has 0 radical (unpaired) electrons. The summed E-state index contributed by atoms with van der Waals surface area (Å²) in [6.45, 7) is 0. The molecule has 2 aromatic heterocycles. The minimum absolute atomic E-state index is 0.130. The number of methoxy groups -OCH3 is 1. The molecule has 24 heavy (non-hydrogen) atoms. The first-order valence-corrected chi connectivity index (χ1v) is 7.72. The Hall–Kier alpha value is -3.00. The fraction of sp³-hybridized carbons (Fsp3) is 0.0625. The van der Waals surface area contributed by atoms with Crippen molar-refractivity contribution >= 4 is 33.8 Å². The van der Waals surface area contributed by atoms with Crippen molar-refractivity contribution < 1.29 is 13.9 Å². The maximum atomic E-state index is 12.9. The Morgan fingerprint density at radius 3 is 2.75 bits per heavy atom. The van der Waals surface area contributed by atoms with E-state index >= 15 is 0 Å². The fourth-order valence-electron chi connectivity index (χ4n) is 2.00. The van der Waals surface area contributed by atoms with Crippen molar-refractivity contribution in [1.82, 2.24) is 9.97 Å². The summed E-state index contributed by atoms with van der Waals surface area (Å²) >= 11 is 1.12. The van der Waals surface area contributed by atoms with Crippen molar-refractivity contribution in [2.75, 3.05) is 18.2 Å². The van der Waals surface area contributed by atoms with E-state index in [2.05, 4.69) is 15.3 Å². The first-order chi connectivity index (χ1) is 11.6. The minimum Gasteiger partial charge on any atom is -0.481 e. The molecule has 0 aliphatic heterocycles. The lowest BCUT2D eigenvalue weighted by atomic mass is 10.1. The van der Waals surface area contributed by atoms with Gasteiger partial charge in [-0.3, -0.25) is 4.79 Å². The van der Waals surface area contributed by atoms with Crippen LogP contribution in [0.3, 0.4) is 0 Å². The predicted molar refractivity (Wildman–Crippen MR) is 90.4 cm³/mol. The first kappa shape index (κ1) is 15.9. The van der Waals surface area contributed by atoms with Crippen molar-refractivity contribution in [2.45, 2.75) is 0 Å². The smallest absolute Gasteiger partial charge is 0.213 e. The van der Waals surface area contributed by atoms with E-state index in [4.69, 9.17) is 10.5 Å². The van der Waals surface area contributed by atoms with Gasteiger partial charge in [-0.1, -0.05) is 11.3 Å². The van der Waals surface area contributed by atoms with Gasteiger partial charge in [-0.05, 0) is 30.3 Å². The Morgan fingerprint density at radius 2 is 2.04 bits per heavy atom. The maximum absolute atomic E-state index is 12.9. The molecule has 3 rings (SSSR count). The summed E-state index contributed by atoms with van der Waals surface area (Å²) in [4.78, 5) is 21.0. The summed E-state index contributed by atoms with van der Waals surface area (Å²) in [7, 11) is 1.47. The zero-order valence-electron chi connectivity index (χ0n) is 12.6. The lowest BCUT2D eigenvalue weighted by molar-refractivity contribution is 0.104. The van der Waals surface area contributed by atoms with Crippen LogP contribution in [0, 0.1) is 5.82 Å². The number of nitrogens with two attached hydrogens (primary N) is 1. The lowest BCUT2D eigenvalue weighted by Crippen LogP contribution is -2.03. The summed E-state index contributed by atoms with van der Waals surface area (Å²) < 4.78 is 17.9. The van der Waals surface area contributed by atoms with Gasteiger partial charge in [-0.2, -0.15) is 0 Å². The van der Waals surface area contributed by atoms with E-state index in [-0.39, 0.29) is 17.4 Å². The number of halogens is 1. The Bertz CT molecular complexity index is 880. The number of thiazole rings is 1. The van der Waals surface area contributed by atoms with Gasteiger partial charge in [0.05, 0.1) is 7.11 Å². The number of rotatable bonds is 5. The van der Waals surface area contributed by atoms with Crippen molar-refractivity contribution in [2.24, 2.45) is 0 Å². The zero-order chi connectivity index (χ0) is 17.1. The number of carbonyl (C=O) groups is 1. The third-order valence-electron chi connectivity index (χ3n) is 3.16. The SMILES string of the molecule is COc1cc(C(=O)c2sc(Nc3ccc(F)cc3)nc2N)ccn1. The van der Waals surface area contributed by atoms with Crippen molar-refractivity contribution in [3.8, 4) is 5.88 Å². The molecule has 2 heterocycles. The number of aromatic nitrogens is 2. The van der Waals surface area contributed by atoms with Gasteiger partial charge >= 0.3 is 0 Å². The largest absolute Gasteiger partial charge is 0.481 e. The van der Waals surface area contributed by atoms with E-state index in [1.165, 1.54) is 31.5 Å². The molecule has 8 heteroatoms. The van der Waals surface area contributed by atoms with Crippen LogP contribution in [-0.2, 0) is 0 Å². The predicted octanol–water partition coefficient (Wildman–Crippen LogP) is 3.24. The molecule has 122 valence electrons. The summed E-state index contributed by atoms with van der Waals surface area (Å²) in [5.74, 6) is -0.126. The van der Waals surface area contributed by atoms with Crippen LogP contribution in [-0.4, -0.2) is 22.9 Å². The van der Waals surface area contributed by atoms with E-state index in [0.717, 1.165) is 11.3 Å². The number of nitrogens with zero attached hydrogens (tertiary/aromatic N) is 2. The van der Waals surface area contributed by atoms with Crippen LogP contribution >= 0.6 is 11.3 Å². The number of ether oxygens (including phenoxy) is 1. The highest BCUT2D eigenvalue weighted by atomic mass is 32.1. The standard InChI is InChI=1S/C16H13FN4O2S/c1-23-12-8-9(6-7-19-12)13(22)14-15(18)21-16(24-14)20-11-4-2-10(17)3-5-11/h2-8H,18H2,1H3,(H,20,21). The Morgan fingerprint density at radius 1 is 1.29 bits per heavy atom. The van der Waals surface area contributed by atoms with E-state index in [1.54, 1.807) is 18.2 Å². The van der Waals surface area contributed by atoms with E-state index in [0.29, 0.717) is 27.1 Å². The number of pyridine rings is 1. The molecule has 0 spiro atoms. The molecule has 0 saturated carbocycles. The third-order valence-corrected chi connectivity index (χ3v) is 4.15. The number of carbonyl (C=O) groups excluding carboxylic acids is 1. The number of nitrogens with one attached hydrogen (secondary N) is 1. The lowest BCUT2D eigenvalue weighted by Gasteiger charge is -2.02. The number of hydrogen-bond donors (Lipinski definition) is 2. The van der Waals surface area contributed by atoms with Crippen LogP contribution in [0.4, 0.5) is 21.0 Å². The van der Waals surface area contributed by atoms with E-state index < -0.39 is 0 Å². The average Bonchev–Trinajstić information content (AvgIpc) is 2.96. The van der Waals surface area contributed by atoms with E-state index in [9.17, 15) is 9.18 Å². The van der Waals surface area contributed by atoms with Gasteiger partial charge in [0.15, 0.2) is 5.13 Å². The second kappa shape index (κ2) is 6.63. The van der Waals surface area contributed by atoms with Gasteiger partial charge in [0, 0.05) is 23.5 Å². The zero-order valence-corrected chi connectivity index (χ0v) is 13.4. The molecule has 0 saturated heterocycles. The van der Waals surface area contributed by atoms with Gasteiger partial charge in [0.25, 0.3) is 0 Å². The summed E-state index contributed by atoms with van der Waals surface area (Å²) in [6.07, 6.45) is 1.49. The molecule has 0 amide bonds. The van der Waals surface area contributed by atoms with Crippen LogP contribution in [0.15, 0.2) is 42.6 Å². The second-order valence-electron chi connectivity index (χ2n) is 4.78. The highest BCUT2D eigenvalue weighted by molar-refractivity contribution is 7.18. The monoisotopic (exact) mass is 344 g/mol. The van der Waals surface area contributed by atoms with Crippen LogP contribution in [0.2, 0.25) is 0 Å². The molecular weight excluding hydrogens is 331 g/mol. The van der Waals surface area contributed by atoms with Crippen molar-refractivity contribution in [3.05, 3.63) is 58.9 Å². The van der Waals surface area contributed by atoms with Gasteiger partial charge in [0.1, 0.15) is 16.5 Å². The molecule has 3 N–H and O–H groups in total. The van der Waals surface area contributed by atoms with Crippen LogP contribution in [0.1, 0.15) is 15.2 Å². The average molecular weight is 344 g/mol. The molecule has 0 bridgehead atoms. The van der Waals surface area contributed by atoms with Crippen LogP contribution < -0.4 is 15.8 Å². The normalized spacial score (nSPS) is 10.4. The Balaban J connectivity index is 1.85. The summed E-state index contributed by atoms with van der Waals surface area (Å²) in [5.41, 5.74) is 6.92. The molecule has 6 nitrogen and oxygen atoms in total. The highest BCUT2D eigenvalue weighted by Crippen LogP contribution is 2.30. The number of ketones is 1. The Labute approximate surface area is 141 Å². The molecular formula is C16H13FN4O2S. The highest BCUT2D eigenvalue weighted by Gasteiger charge is 2.18. The second-order valence-corrected chi connectivity index (χ2v) is 5.78. The van der Waals surface area contributed by atoms with Crippen molar-refractivity contribution in [3.63, 3.8) is 0 Å². The molecule has 0 aliphatic rings. The number of nitrogen functional groups attached to an aromatic ring is 1. The molecule has 0 atom stereocenters. The molecule has 1 aromatic carbocycles. The van der Waals surface area contributed by atoms with Gasteiger partial charge in [-0.25, -0.2) is 14.4 Å². The third kappa shape index (κ3) is 3.33. The molecule has 3 aromatic rings. The van der Waals surface area contributed by atoms with Gasteiger partial charge < -0.3 is 15.8 Å². The topological polar surface area (TPSA) is 90.1 Å². The van der Waals surface area contributed by atoms with Crippen LogP contribution in [0.5, 0.6) is 5.88 Å². The number of hydrogen-bond acceptors (Lipinski definition) is 7. The van der Waals surface area contributed by atoms with E-state index in [1.807, 2.05) is 0 Å². The Kier molecular flexibility index (Phi) is 4.39. The molecule has 0 aliphatic carbocycles.